The van der Waals surface area contributed by atoms with Crippen molar-refractivity contribution in [2.24, 2.45) is 5.92 Å². The van der Waals surface area contributed by atoms with Crippen LogP contribution in [0, 0.1) is 17.2 Å². The fourth-order valence-corrected chi connectivity index (χ4v) is 5.97. The van der Waals surface area contributed by atoms with Gasteiger partial charge in [0.1, 0.15) is 5.82 Å². The van der Waals surface area contributed by atoms with Crippen molar-refractivity contribution in [1.29, 1.82) is 5.26 Å². The van der Waals surface area contributed by atoms with Gasteiger partial charge >= 0.3 is 0 Å². The van der Waals surface area contributed by atoms with Crippen molar-refractivity contribution < 1.29 is 4.43 Å². The number of hydrogen-bond acceptors (Lipinski definition) is 4. The van der Waals surface area contributed by atoms with E-state index in [4.69, 9.17) is 9.41 Å². The number of nitrogens with one attached hydrogen (secondary N) is 1. The molecule has 0 saturated carbocycles. The minimum atomic E-state index is -2.10. The lowest BCUT2D eigenvalue weighted by Gasteiger charge is -2.44. The van der Waals surface area contributed by atoms with Crippen molar-refractivity contribution >= 4 is 35.9 Å². The molecule has 180 valence electrons. The van der Waals surface area contributed by atoms with E-state index in [-0.39, 0.29) is 17.1 Å². The van der Waals surface area contributed by atoms with Crippen LogP contribution in [0.15, 0.2) is 60.7 Å². The number of fused-ring (bicyclic) bond motifs is 3. The molecule has 0 fully saturated rings. The van der Waals surface area contributed by atoms with Crippen LogP contribution in [0.1, 0.15) is 38.1 Å². The minimum Gasteiger partial charge on any atom is -0.408 e. The van der Waals surface area contributed by atoms with Gasteiger partial charge in [-0.3, -0.25) is 0 Å². The van der Waals surface area contributed by atoms with Gasteiger partial charge < -0.3 is 14.3 Å². The van der Waals surface area contributed by atoms with Gasteiger partial charge in [-0.15, -0.1) is 0 Å². The van der Waals surface area contributed by atoms with Crippen molar-refractivity contribution in [1.82, 2.24) is 9.97 Å². The van der Waals surface area contributed by atoms with Gasteiger partial charge in [-0.2, -0.15) is 5.26 Å². The van der Waals surface area contributed by atoms with Crippen molar-refractivity contribution in [2.75, 3.05) is 18.0 Å². The van der Waals surface area contributed by atoms with Gasteiger partial charge in [0.05, 0.1) is 23.6 Å². The summed E-state index contributed by atoms with van der Waals surface area (Å²) in [6.45, 7) is 12.7. The van der Waals surface area contributed by atoms with Crippen molar-refractivity contribution in [3.63, 3.8) is 0 Å². The number of anilines is 1. The average Bonchev–Trinajstić information content (AvgIpc) is 3.24. The number of H-pyrrole nitrogens is 1. The maximum atomic E-state index is 10.2. The van der Waals surface area contributed by atoms with Crippen LogP contribution in [0.2, 0.25) is 18.1 Å². The number of benzene rings is 2. The summed E-state index contributed by atoms with van der Waals surface area (Å²) >= 11 is 0. The number of hydrogen-bond donors (Lipinski definition) is 1. The molecule has 0 aliphatic carbocycles. The molecular weight excluding hydrogens is 448 g/mol. The van der Waals surface area contributed by atoms with Crippen LogP contribution in [0.25, 0.3) is 21.8 Å². The van der Waals surface area contributed by atoms with E-state index in [1.54, 1.807) is 0 Å². The lowest BCUT2D eigenvalue weighted by molar-refractivity contribution is 0.138. The molecule has 5 rings (SSSR count). The number of rotatable bonds is 5. The Hall–Kier alpha value is -3.14. The molecule has 3 heterocycles. The number of pyridine rings is 1. The zero-order chi connectivity index (χ0) is 24.8. The number of nitrogens with zero attached hydrogens (tertiary/aromatic N) is 3. The lowest BCUT2D eigenvalue weighted by atomic mass is 9.91. The summed E-state index contributed by atoms with van der Waals surface area (Å²) < 4.78 is 6.92. The highest BCUT2D eigenvalue weighted by molar-refractivity contribution is 6.74. The van der Waals surface area contributed by atoms with Crippen molar-refractivity contribution in [2.45, 2.75) is 51.4 Å². The maximum absolute atomic E-state index is 10.2. The van der Waals surface area contributed by atoms with Gasteiger partial charge in [-0.05, 0) is 47.8 Å². The van der Waals surface area contributed by atoms with E-state index in [9.17, 15) is 5.26 Å². The molecule has 4 aromatic rings. The van der Waals surface area contributed by atoms with Gasteiger partial charge in [0.25, 0.3) is 0 Å². The Kier molecular flexibility index (Phi) is 5.94. The smallest absolute Gasteiger partial charge is 0.192 e. The Balaban J connectivity index is 1.52. The van der Waals surface area contributed by atoms with Crippen LogP contribution in [-0.4, -0.2) is 31.4 Å². The third-order valence-electron chi connectivity index (χ3n) is 7.75. The molecule has 0 unspecified atom stereocenters. The van der Waals surface area contributed by atoms with E-state index >= 15 is 0 Å². The zero-order valence-corrected chi connectivity index (χ0v) is 22.3. The normalized spacial score (nSPS) is 18.6. The fraction of sp³-hybridized carbons (Fsp3) is 0.379. The summed E-state index contributed by atoms with van der Waals surface area (Å²) in [5.41, 5.74) is 4.37. The first kappa shape index (κ1) is 23.6. The highest BCUT2D eigenvalue weighted by Crippen LogP contribution is 2.46. The second kappa shape index (κ2) is 8.82. The molecule has 5 nitrogen and oxygen atoms in total. The Morgan fingerprint density at radius 2 is 1.80 bits per heavy atom. The van der Waals surface area contributed by atoms with E-state index in [1.807, 2.05) is 12.1 Å². The summed E-state index contributed by atoms with van der Waals surface area (Å²) in [7, 11) is -2.10. The third kappa shape index (κ3) is 4.47. The van der Waals surface area contributed by atoms with E-state index in [0.29, 0.717) is 6.54 Å². The molecule has 0 saturated heterocycles. The van der Waals surface area contributed by atoms with Gasteiger partial charge in [0.2, 0.25) is 0 Å². The van der Waals surface area contributed by atoms with E-state index in [0.717, 1.165) is 40.8 Å². The second-order valence-electron chi connectivity index (χ2n) is 11.2. The Labute approximate surface area is 208 Å². The van der Waals surface area contributed by atoms with Crippen molar-refractivity contribution in [3.8, 4) is 6.07 Å². The first-order chi connectivity index (χ1) is 16.7. The average molecular weight is 483 g/mol. The molecule has 0 spiro atoms. The monoisotopic (exact) mass is 482 g/mol. The SMILES string of the molecule is CC(C)(C)[Si](C)(C)O[C@@H]1c2cc3ccccc3nc2N(CCc2cc3ccccc3[nH]2)C[C@H]1C#N. The molecule has 0 amide bonds. The molecule has 2 atom stereocenters. The summed E-state index contributed by atoms with van der Waals surface area (Å²) in [6, 6.07) is 23.6. The maximum Gasteiger partial charge on any atom is 0.192 e. The van der Waals surface area contributed by atoms with Gasteiger partial charge in [-0.1, -0.05) is 57.2 Å². The van der Waals surface area contributed by atoms with Crippen molar-refractivity contribution in [3.05, 3.63) is 71.9 Å². The van der Waals surface area contributed by atoms with Gasteiger partial charge in [0, 0.05) is 41.7 Å². The molecule has 6 heteroatoms. The molecule has 2 aromatic carbocycles. The largest absolute Gasteiger partial charge is 0.408 e. The zero-order valence-electron chi connectivity index (χ0n) is 21.3. The van der Waals surface area contributed by atoms with Crippen LogP contribution < -0.4 is 4.90 Å². The highest BCUT2D eigenvalue weighted by atomic mass is 28.4. The summed E-state index contributed by atoms with van der Waals surface area (Å²) in [4.78, 5) is 10.9. The number of aromatic nitrogens is 2. The Morgan fingerprint density at radius 1 is 1.09 bits per heavy atom. The molecule has 0 bridgehead atoms. The number of aromatic amines is 1. The molecule has 2 aromatic heterocycles. The predicted molar refractivity (Wildman–Crippen MR) is 146 cm³/mol. The summed E-state index contributed by atoms with van der Waals surface area (Å²) in [5.74, 6) is 0.706. The molecule has 1 aliphatic rings. The van der Waals surface area contributed by atoms with E-state index in [2.05, 4.69) is 98.3 Å². The lowest BCUT2D eigenvalue weighted by Crippen LogP contribution is -2.47. The minimum absolute atomic E-state index is 0.0597. The summed E-state index contributed by atoms with van der Waals surface area (Å²) in [6.07, 6.45) is 0.589. The third-order valence-corrected chi connectivity index (χ3v) is 12.2. The van der Waals surface area contributed by atoms with Gasteiger partial charge in [0.15, 0.2) is 8.32 Å². The second-order valence-corrected chi connectivity index (χ2v) is 16.0. The Morgan fingerprint density at radius 3 is 2.51 bits per heavy atom. The van der Waals surface area contributed by atoms with Crippen LogP contribution in [0.3, 0.4) is 0 Å². The fourth-order valence-electron chi connectivity index (χ4n) is 4.69. The topological polar surface area (TPSA) is 64.9 Å². The molecule has 35 heavy (non-hydrogen) atoms. The molecular formula is C29H34N4OSi. The van der Waals surface area contributed by atoms with E-state index in [1.165, 1.54) is 11.1 Å². The summed E-state index contributed by atoms with van der Waals surface area (Å²) in [5, 5.41) is 12.6. The quantitative estimate of drug-likeness (QED) is 0.312. The Bertz CT molecular complexity index is 1380. The van der Waals surface area contributed by atoms with Crippen LogP contribution in [0.4, 0.5) is 5.82 Å². The number of para-hydroxylation sites is 2. The first-order valence-corrected chi connectivity index (χ1v) is 15.4. The molecule has 1 aliphatic heterocycles. The first-order valence-electron chi connectivity index (χ1n) is 12.4. The predicted octanol–water partition coefficient (Wildman–Crippen LogP) is 6.98. The standard InChI is InChI=1S/C29H34N4OSi/c1-29(2,3)35(4,5)34-27-22(18-30)19-33(15-14-23-16-20-10-6-8-12-25(20)31-23)28-24(27)17-21-11-7-9-13-26(21)32-28/h6-13,16-17,22,27,31H,14-15,19H2,1-5H3/t22-,27+/m1/s1. The molecule has 1 N–H and O–H groups in total. The van der Waals surface area contributed by atoms with Crippen LogP contribution >= 0.6 is 0 Å². The van der Waals surface area contributed by atoms with Crippen LogP contribution in [-0.2, 0) is 10.8 Å². The van der Waals surface area contributed by atoms with Gasteiger partial charge in [-0.25, -0.2) is 4.98 Å². The van der Waals surface area contributed by atoms with E-state index < -0.39 is 8.32 Å². The number of nitriles is 1. The van der Waals surface area contributed by atoms with Crippen LogP contribution in [0.5, 0.6) is 0 Å². The highest BCUT2D eigenvalue weighted by Gasteiger charge is 2.44. The molecule has 0 radical (unpaired) electrons.